The minimum atomic E-state index is -0.121. The lowest BCUT2D eigenvalue weighted by Crippen LogP contribution is -2.15. The summed E-state index contributed by atoms with van der Waals surface area (Å²) < 4.78 is 0. The minimum absolute atomic E-state index is 0.101. The SMILES string of the molecule is CC1(C)c2cccc(-c3c4ccccc4c(-c4ccc5ccc6ccccc6c5c4)c4ccccc34)c2-c2ccc3ccccc3c21.CC1(C)c2cccc(-c3c4ccccc4c(-c4cccc5c4ccc4cc6ccccc6cc45)c4ccccc34)c2-c2ccc3ccccc3c21.CC1(C)c2cccc(-c3c4ccccc4c(-c4cccc5ccccc45)c4ccccc34)c2-c2ccc3ccccc3c21. The van der Waals surface area contributed by atoms with E-state index in [0.29, 0.717) is 0 Å². The second kappa shape index (κ2) is 31.4. The Morgan fingerprint density at radius 3 is 0.730 bits per heavy atom. The molecule has 0 N–H and O–H groups in total. The van der Waals surface area contributed by atoms with Crippen LogP contribution in [0.5, 0.6) is 0 Å². The summed E-state index contributed by atoms with van der Waals surface area (Å²) in [7, 11) is 0. The van der Waals surface area contributed by atoms with Gasteiger partial charge in [-0.1, -0.05) is 497 Å². The maximum absolute atomic E-state index is 2.41. The molecule has 0 bridgehead atoms. The highest BCUT2D eigenvalue weighted by Crippen LogP contribution is 2.62. The average molecular weight is 1790 g/mol. The van der Waals surface area contributed by atoms with Gasteiger partial charge in [-0.2, -0.15) is 0 Å². The van der Waals surface area contributed by atoms with Crippen molar-refractivity contribution in [2.24, 2.45) is 0 Å². The van der Waals surface area contributed by atoms with Crippen molar-refractivity contribution in [3.05, 3.63) is 507 Å². The Hall–Kier alpha value is -17.2. The third-order valence-corrected chi connectivity index (χ3v) is 32.4. The Bertz CT molecular complexity index is 9930. The molecule has 0 amide bonds. The lowest BCUT2D eigenvalue weighted by molar-refractivity contribution is 0.666. The van der Waals surface area contributed by atoms with Crippen molar-refractivity contribution in [2.45, 2.75) is 57.8 Å². The zero-order valence-corrected chi connectivity index (χ0v) is 79.5. The van der Waals surface area contributed by atoms with Crippen LogP contribution in [0.1, 0.15) is 74.9 Å². The molecule has 0 aliphatic heterocycles. The minimum Gasteiger partial charge on any atom is -0.0616 e. The molecule has 0 saturated carbocycles. The van der Waals surface area contributed by atoms with Gasteiger partial charge in [0.25, 0.3) is 0 Å². The molecular formula is C141H96. The summed E-state index contributed by atoms with van der Waals surface area (Å²) in [6.07, 6.45) is 0. The third kappa shape index (κ3) is 12.2. The van der Waals surface area contributed by atoms with E-state index >= 15 is 0 Å². The maximum atomic E-state index is 2.41. The molecule has 141 heavy (non-hydrogen) atoms. The lowest BCUT2D eigenvalue weighted by atomic mass is 9.79. The summed E-state index contributed by atoms with van der Waals surface area (Å²) in [5, 5.41) is 38.8. The Balaban J connectivity index is 0.000000104. The van der Waals surface area contributed by atoms with E-state index in [0.717, 1.165) is 0 Å². The van der Waals surface area contributed by atoms with Crippen LogP contribution in [0, 0.1) is 0 Å². The molecule has 3 aliphatic carbocycles. The summed E-state index contributed by atoms with van der Waals surface area (Å²) in [5.41, 5.74) is 32.0. The fourth-order valence-corrected chi connectivity index (χ4v) is 26.3. The molecule has 0 heterocycles. The molecule has 0 fully saturated rings. The molecule has 0 atom stereocenters. The van der Waals surface area contributed by atoms with Gasteiger partial charge < -0.3 is 0 Å². The van der Waals surface area contributed by atoms with Crippen molar-refractivity contribution in [3.8, 4) is 100 Å². The molecule has 0 radical (unpaired) electrons. The molecule has 27 aromatic rings. The van der Waals surface area contributed by atoms with Gasteiger partial charge in [0.15, 0.2) is 0 Å². The Morgan fingerprint density at radius 2 is 0.348 bits per heavy atom. The molecule has 0 nitrogen and oxygen atoms in total. The first-order valence-corrected chi connectivity index (χ1v) is 49.8. The van der Waals surface area contributed by atoms with E-state index in [9.17, 15) is 0 Å². The Labute approximate surface area is 820 Å². The predicted octanol–water partition coefficient (Wildman–Crippen LogP) is 39.3. The number of hydrogen-bond acceptors (Lipinski definition) is 0. The average Bonchev–Trinajstić information content (AvgIpc) is 1.43. The van der Waals surface area contributed by atoms with Crippen LogP contribution in [0.2, 0.25) is 0 Å². The number of hydrogen-bond donors (Lipinski definition) is 0. The molecule has 30 rings (SSSR count). The van der Waals surface area contributed by atoms with Crippen molar-refractivity contribution in [1.29, 1.82) is 0 Å². The predicted molar refractivity (Wildman–Crippen MR) is 607 cm³/mol. The standard InChI is InChI=1S/C51H34.C47H32.C43H30/c1-51(2)46-24-12-23-43(49(46)44-28-25-31-13-5-6-16-35(31)50(44)51)48-41-19-9-7-17-39(41)47(40-18-8-10-20-42(40)48)38-22-11-21-36-37(38)27-26-34-29-32-14-3-4-15-33(32)30-45(34)36;1-47(2)42-21-11-20-39(45(42)40-27-26-30-13-4-6-15-34(30)46(40)47)44-37-18-9-7-16-35(37)43(36-17-8-10-19-38(36)44)32-25-24-31-23-22-29-12-3-5-14-33(29)41(31)28-32;1-43(2)38-24-12-23-36(41(38)37-26-25-28-14-4-6-17-30(28)42(37)43)40-34-20-9-7-18-32(34)39(33-19-8-10-21-35(33)40)31-22-11-15-27-13-3-5-16-29(27)31/h3-30H,1-2H3;3-28H,1-2H3;3-26H,1-2H3. The Morgan fingerprint density at radius 1 is 0.113 bits per heavy atom. The van der Waals surface area contributed by atoms with Gasteiger partial charge in [0.1, 0.15) is 0 Å². The van der Waals surface area contributed by atoms with Gasteiger partial charge in [-0.05, 0) is 313 Å². The molecular weight excluding hydrogens is 1690 g/mol. The summed E-state index contributed by atoms with van der Waals surface area (Å²) in [5.74, 6) is 0. The first kappa shape index (κ1) is 82.1. The topological polar surface area (TPSA) is 0 Å². The van der Waals surface area contributed by atoms with Gasteiger partial charge in [0, 0.05) is 16.2 Å². The molecule has 3 aliphatic rings. The van der Waals surface area contributed by atoms with Gasteiger partial charge in [-0.15, -0.1) is 0 Å². The summed E-state index contributed by atoms with van der Waals surface area (Å²) in [6, 6.07) is 177. The van der Waals surface area contributed by atoms with Crippen LogP contribution in [0.3, 0.4) is 0 Å². The van der Waals surface area contributed by atoms with Crippen LogP contribution in [-0.4, -0.2) is 0 Å². The van der Waals surface area contributed by atoms with Crippen LogP contribution in [0.25, 0.3) is 262 Å². The third-order valence-electron chi connectivity index (χ3n) is 32.4. The van der Waals surface area contributed by atoms with E-state index in [1.54, 1.807) is 0 Å². The van der Waals surface area contributed by atoms with E-state index in [1.165, 1.54) is 295 Å². The van der Waals surface area contributed by atoms with Gasteiger partial charge >= 0.3 is 0 Å². The van der Waals surface area contributed by atoms with E-state index in [1.807, 2.05) is 0 Å². The molecule has 0 spiro atoms. The summed E-state index contributed by atoms with van der Waals surface area (Å²) in [6.45, 7) is 14.4. The van der Waals surface area contributed by atoms with Crippen molar-refractivity contribution in [2.75, 3.05) is 0 Å². The fraction of sp³-hybridized carbons (Fsp3) is 0.0638. The molecule has 0 heteroatoms. The van der Waals surface area contributed by atoms with Crippen LogP contribution < -0.4 is 0 Å². The first-order chi connectivity index (χ1) is 69.3. The highest BCUT2D eigenvalue weighted by atomic mass is 14.5. The van der Waals surface area contributed by atoms with Gasteiger partial charge in [-0.25, -0.2) is 0 Å². The summed E-state index contributed by atoms with van der Waals surface area (Å²) in [4.78, 5) is 0. The van der Waals surface area contributed by atoms with Gasteiger partial charge in [-0.3, -0.25) is 0 Å². The van der Waals surface area contributed by atoms with Crippen LogP contribution in [0.4, 0.5) is 0 Å². The zero-order valence-electron chi connectivity index (χ0n) is 79.5. The highest BCUT2D eigenvalue weighted by molar-refractivity contribution is 6.30. The highest BCUT2D eigenvalue weighted by Gasteiger charge is 2.43. The molecule has 660 valence electrons. The van der Waals surface area contributed by atoms with E-state index < -0.39 is 0 Å². The van der Waals surface area contributed by atoms with Crippen molar-refractivity contribution >= 4 is 162 Å². The van der Waals surface area contributed by atoms with Crippen LogP contribution in [0.15, 0.2) is 473 Å². The van der Waals surface area contributed by atoms with E-state index in [4.69, 9.17) is 0 Å². The van der Waals surface area contributed by atoms with Crippen molar-refractivity contribution in [3.63, 3.8) is 0 Å². The quantitative estimate of drug-likeness (QED) is 0.115. The van der Waals surface area contributed by atoms with Gasteiger partial charge in [0.05, 0.1) is 0 Å². The second-order valence-electron chi connectivity index (χ2n) is 40.8. The molecule has 0 saturated heterocycles. The van der Waals surface area contributed by atoms with Crippen LogP contribution in [-0.2, 0) is 16.2 Å². The number of fused-ring (bicyclic) bond motifs is 29. The zero-order chi connectivity index (χ0) is 93.8. The fourth-order valence-electron chi connectivity index (χ4n) is 26.3. The van der Waals surface area contributed by atoms with E-state index in [2.05, 4.69) is 515 Å². The van der Waals surface area contributed by atoms with Crippen LogP contribution >= 0.6 is 0 Å². The number of rotatable bonds is 6. The van der Waals surface area contributed by atoms with Crippen molar-refractivity contribution in [1.82, 2.24) is 0 Å². The lowest BCUT2D eigenvalue weighted by Gasteiger charge is -2.23. The smallest absolute Gasteiger partial charge is 0.0165 e. The summed E-state index contributed by atoms with van der Waals surface area (Å²) >= 11 is 0. The normalized spacial score (nSPS) is 13.5. The van der Waals surface area contributed by atoms with E-state index in [-0.39, 0.29) is 16.2 Å². The van der Waals surface area contributed by atoms with Crippen molar-refractivity contribution < 1.29 is 0 Å². The largest absolute Gasteiger partial charge is 0.0616 e. The molecule has 0 aromatic heterocycles. The second-order valence-corrected chi connectivity index (χ2v) is 40.8. The molecule has 0 unspecified atom stereocenters. The first-order valence-electron chi connectivity index (χ1n) is 49.8. The Kier molecular flexibility index (Phi) is 18.3. The molecule has 27 aromatic carbocycles. The monoisotopic (exact) mass is 1790 g/mol. The number of benzene rings is 27. The maximum Gasteiger partial charge on any atom is 0.0165 e. The van der Waals surface area contributed by atoms with Gasteiger partial charge in [0.2, 0.25) is 0 Å².